The van der Waals surface area contributed by atoms with E-state index >= 15 is 0 Å². The van der Waals surface area contributed by atoms with Gasteiger partial charge in [0.05, 0.1) is 6.26 Å². The third kappa shape index (κ3) is 2.00. The van der Waals surface area contributed by atoms with E-state index in [1.165, 1.54) is 26.5 Å². The average molecular weight is 206 g/mol. The summed E-state index contributed by atoms with van der Waals surface area (Å²) in [5.74, 6) is -1.22. The lowest BCUT2D eigenvalue weighted by molar-refractivity contribution is 0.158. The van der Waals surface area contributed by atoms with Crippen LogP contribution in [0.15, 0.2) is 22.8 Å². The highest BCUT2D eigenvalue weighted by atomic mass is 31.2. The fraction of sp³-hybridized carbons (Fsp3) is 0.429. The highest BCUT2D eigenvalue weighted by Crippen LogP contribution is 2.58. The van der Waals surface area contributed by atoms with Gasteiger partial charge in [-0.1, -0.05) is 0 Å². The zero-order valence-electron chi connectivity index (χ0n) is 7.34. The van der Waals surface area contributed by atoms with E-state index in [0.717, 1.165) is 0 Å². The molecule has 0 spiro atoms. The SMILES string of the molecule is COP(=O)(OC)[C@@H](O)c1ccco1. The summed E-state index contributed by atoms with van der Waals surface area (Å²) in [5, 5.41) is 9.52. The van der Waals surface area contributed by atoms with Gasteiger partial charge >= 0.3 is 7.60 Å². The summed E-state index contributed by atoms with van der Waals surface area (Å²) in [7, 11) is -1.09. The summed E-state index contributed by atoms with van der Waals surface area (Å²) >= 11 is 0. The quantitative estimate of drug-likeness (QED) is 0.760. The summed E-state index contributed by atoms with van der Waals surface area (Å²) in [5.41, 5.74) is 0. The number of hydrogen-bond donors (Lipinski definition) is 1. The Bertz CT molecular complexity index is 286. The largest absolute Gasteiger partial charge is 0.466 e. The molecule has 0 aliphatic heterocycles. The van der Waals surface area contributed by atoms with E-state index in [0.29, 0.717) is 0 Å². The number of furan rings is 1. The van der Waals surface area contributed by atoms with E-state index in [1.807, 2.05) is 0 Å². The summed E-state index contributed by atoms with van der Waals surface area (Å²) in [6.45, 7) is 0. The second-order valence-corrected chi connectivity index (χ2v) is 4.59. The minimum Gasteiger partial charge on any atom is -0.466 e. The van der Waals surface area contributed by atoms with Crippen LogP contribution in [0, 0.1) is 0 Å². The molecule has 13 heavy (non-hydrogen) atoms. The van der Waals surface area contributed by atoms with Crippen LogP contribution in [0.2, 0.25) is 0 Å². The summed E-state index contributed by atoms with van der Waals surface area (Å²) in [6.07, 6.45) is 1.37. The minimum atomic E-state index is -3.50. The van der Waals surface area contributed by atoms with Crippen LogP contribution in [-0.4, -0.2) is 19.3 Å². The maximum absolute atomic E-state index is 11.6. The maximum atomic E-state index is 11.6. The van der Waals surface area contributed by atoms with Crippen molar-refractivity contribution in [2.75, 3.05) is 14.2 Å². The average Bonchev–Trinajstić information content (AvgIpc) is 2.68. The Labute approximate surface area is 75.8 Å². The number of aliphatic hydroxyl groups excluding tert-OH is 1. The van der Waals surface area contributed by atoms with E-state index in [2.05, 4.69) is 9.05 Å². The molecule has 0 bridgehead atoms. The highest BCUT2D eigenvalue weighted by molar-refractivity contribution is 7.53. The van der Waals surface area contributed by atoms with E-state index in [9.17, 15) is 9.67 Å². The zero-order valence-corrected chi connectivity index (χ0v) is 8.23. The second-order valence-electron chi connectivity index (χ2n) is 2.29. The van der Waals surface area contributed by atoms with Crippen molar-refractivity contribution < 1.29 is 23.1 Å². The lowest BCUT2D eigenvalue weighted by Crippen LogP contribution is -2.01. The Hall–Kier alpha value is -0.610. The minimum absolute atomic E-state index is 0.159. The maximum Gasteiger partial charge on any atom is 0.366 e. The smallest absolute Gasteiger partial charge is 0.366 e. The van der Waals surface area contributed by atoms with Gasteiger partial charge < -0.3 is 18.6 Å². The first-order chi connectivity index (χ1) is 6.14. The van der Waals surface area contributed by atoms with Crippen LogP contribution in [0.1, 0.15) is 11.6 Å². The van der Waals surface area contributed by atoms with Crippen LogP contribution >= 0.6 is 7.60 Å². The van der Waals surface area contributed by atoms with Gasteiger partial charge in [-0.25, -0.2) is 0 Å². The Balaban J connectivity index is 2.89. The van der Waals surface area contributed by atoms with Gasteiger partial charge in [0.1, 0.15) is 5.76 Å². The Morgan fingerprint density at radius 1 is 1.54 bits per heavy atom. The number of hydrogen-bond acceptors (Lipinski definition) is 5. The van der Waals surface area contributed by atoms with Crippen LogP contribution in [-0.2, 0) is 13.6 Å². The van der Waals surface area contributed by atoms with Crippen LogP contribution in [0.4, 0.5) is 0 Å². The van der Waals surface area contributed by atoms with Gasteiger partial charge in [-0.2, -0.15) is 0 Å². The Morgan fingerprint density at radius 2 is 2.15 bits per heavy atom. The Morgan fingerprint density at radius 3 is 2.54 bits per heavy atom. The molecular formula is C7H11O5P. The first-order valence-corrected chi connectivity index (χ1v) is 5.18. The van der Waals surface area contributed by atoms with E-state index in [4.69, 9.17) is 4.42 Å². The van der Waals surface area contributed by atoms with Crippen molar-refractivity contribution >= 4 is 7.60 Å². The molecular weight excluding hydrogens is 195 g/mol. The van der Waals surface area contributed by atoms with Crippen LogP contribution < -0.4 is 0 Å². The van der Waals surface area contributed by atoms with E-state index in [1.54, 1.807) is 6.07 Å². The van der Waals surface area contributed by atoms with Crippen LogP contribution in [0.5, 0.6) is 0 Å². The molecule has 5 nitrogen and oxygen atoms in total. The molecule has 0 radical (unpaired) electrons. The third-order valence-electron chi connectivity index (χ3n) is 1.61. The molecule has 0 aliphatic carbocycles. The van der Waals surface area contributed by atoms with Gasteiger partial charge in [-0.15, -0.1) is 0 Å². The molecule has 0 amide bonds. The molecule has 0 saturated heterocycles. The molecule has 74 valence electrons. The van der Waals surface area contributed by atoms with Gasteiger partial charge in [0.25, 0.3) is 0 Å². The van der Waals surface area contributed by atoms with Crippen molar-refractivity contribution in [3.63, 3.8) is 0 Å². The highest BCUT2D eigenvalue weighted by Gasteiger charge is 2.35. The summed E-state index contributed by atoms with van der Waals surface area (Å²) in [4.78, 5) is 0. The first-order valence-electron chi connectivity index (χ1n) is 3.56. The predicted octanol–water partition coefficient (Wildman–Crippen LogP) is 1.76. The fourth-order valence-corrected chi connectivity index (χ4v) is 1.88. The van der Waals surface area contributed by atoms with Crippen LogP contribution in [0.25, 0.3) is 0 Å². The normalized spacial score (nSPS) is 14.4. The van der Waals surface area contributed by atoms with E-state index in [-0.39, 0.29) is 5.76 Å². The molecule has 0 unspecified atom stereocenters. The molecule has 1 rings (SSSR count). The molecule has 0 aliphatic rings. The molecule has 0 aromatic carbocycles. The standard InChI is InChI=1S/C7H11O5P/c1-10-13(9,11-2)7(8)6-4-3-5-12-6/h3-5,7-8H,1-2H3/t7-/m1/s1. The Kier molecular flexibility index (Phi) is 3.27. The van der Waals surface area contributed by atoms with Crippen molar-refractivity contribution in [2.45, 2.75) is 5.85 Å². The van der Waals surface area contributed by atoms with Crippen molar-refractivity contribution in [1.29, 1.82) is 0 Å². The lowest BCUT2D eigenvalue weighted by Gasteiger charge is -2.17. The summed E-state index contributed by atoms with van der Waals surface area (Å²) < 4.78 is 25.6. The topological polar surface area (TPSA) is 68.9 Å². The van der Waals surface area contributed by atoms with Crippen molar-refractivity contribution in [3.05, 3.63) is 24.2 Å². The number of rotatable bonds is 4. The zero-order chi connectivity index (χ0) is 9.90. The molecule has 1 atom stereocenters. The van der Waals surface area contributed by atoms with Gasteiger partial charge in [0.15, 0.2) is 0 Å². The fourth-order valence-electron chi connectivity index (χ4n) is 0.868. The van der Waals surface area contributed by atoms with Gasteiger partial charge in [0.2, 0.25) is 5.85 Å². The van der Waals surface area contributed by atoms with Crippen molar-refractivity contribution in [3.8, 4) is 0 Å². The predicted molar refractivity (Wildman–Crippen MR) is 45.3 cm³/mol. The summed E-state index contributed by atoms with van der Waals surface area (Å²) in [6, 6.07) is 3.07. The van der Waals surface area contributed by atoms with Crippen LogP contribution in [0.3, 0.4) is 0 Å². The van der Waals surface area contributed by atoms with Crippen molar-refractivity contribution in [1.82, 2.24) is 0 Å². The first kappa shape index (κ1) is 10.5. The molecule has 0 saturated carbocycles. The number of aliphatic hydroxyl groups is 1. The molecule has 1 N–H and O–H groups in total. The van der Waals surface area contributed by atoms with Gasteiger partial charge in [-0.05, 0) is 12.1 Å². The van der Waals surface area contributed by atoms with Crippen molar-refractivity contribution in [2.24, 2.45) is 0 Å². The van der Waals surface area contributed by atoms with E-state index < -0.39 is 13.4 Å². The van der Waals surface area contributed by atoms with Gasteiger partial charge in [0, 0.05) is 14.2 Å². The molecule has 1 aromatic heterocycles. The molecule has 1 heterocycles. The monoisotopic (exact) mass is 206 g/mol. The lowest BCUT2D eigenvalue weighted by atomic mass is 10.5. The third-order valence-corrected chi connectivity index (χ3v) is 3.48. The molecule has 1 aromatic rings. The van der Waals surface area contributed by atoms with Gasteiger partial charge in [-0.3, -0.25) is 4.57 Å². The second kappa shape index (κ2) is 4.07. The molecule has 0 fully saturated rings. The molecule has 6 heteroatoms.